The molecule has 3 N–H and O–H groups in total. The van der Waals surface area contributed by atoms with E-state index in [4.69, 9.17) is 19.8 Å². The van der Waals surface area contributed by atoms with Gasteiger partial charge in [-0.1, -0.05) is 6.07 Å². The zero-order valence-electron chi connectivity index (χ0n) is 11.7. The average molecular weight is 362 g/mol. The molecule has 0 radical (unpaired) electrons. The van der Waals surface area contributed by atoms with E-state index in [1.807, 2.05) is 18.5 Å². The molecule has 0 spiro atoms. The lowest BCUT2D eigenvalue weighted by molar-refractivity contribution is -0.193. The number of alkyl halides is 6. The molecule has 1 aliphatic heterocycles. The van der Waals surface area contributed by atoms with Crippen molar-refractivity contribution in [3.05, 3.63) is 30.1 Å². The number of aromatic nitrogens is 1. The highest BCUT2D eigenvalue weighted by atomic mass is 19.4. The van der Waals surface area contributed by atoms with Crippen LogP contribution in [0.2, 0.25) is 0 Å². The van der Waals surface area contributed by atoms with E-state index in [0.29, 0.717) is 5.92 Å². The van der Waals surface area contributed by atoms with Crippen LogP contribution in [-0.2, 0) is 9.59 Å². The summed E-state index contributed by atoms with van der Waals surface area (Å²) >= 11 is 0. The molecule has 136 valence electrons. The molecule has 1 fully saturated rings. The van der Waals surface area contributed by atoms with Crippen molar-refractivity contribution in [1.29, 1.82) is 0 Å². The number of hydrogen-bond acceptors (Lipinski definition) is 4. The zero-order chi connectivity index (χ0) is 19.0. The van der Waals surface area contributed by atoms with Gasteiger partial charge in [0, 0.05) is 31.4 Å². The SMILES string of the molecule is O=C(O)C(F)(F)F.O=C(O)C(F)(F)F.c1cncc(C2CNC2)c1. The lowest BCUT2D eigenvalue weighted by atomic mass is 9.96. The molecule has 1 saturated heterocycles. The van der Waals surface area contributed by atoms with Crippen molar-refractivity contribution in [1.82, 2.24) is 10.3 Å². The number of hydrogen-bond donors (Lipinski definition) is 3. The van der Waals surface area contributed by atoms with E-state index in [-0.39, 0.29) is 0 Å². The summed E-state index contributed by atoms with van der Waals surface area (Å²) in [5.74, 6) is -4.80. The van der Waals surface area contributed by atoms with E-state index in [1.54, 1.807) is 0 Å². The van der Waals surface area contributed by atoms with Gasteiger partial charge in [-0.05, 0) is 11.6 Å². The van der Waals surface area contributed by atoms with Crippen LogP contribution in [0, 0.1) is 0 Å². The van der Waals surface area contributed by atoms with E-state index in [2.05, 4.69) is 16.4 Å². The highest BCUT2D eigenvalue weighted by Gasteiger charge is 2.38. The topological polar surface area (TPSA) is 99.5 Å². The van der Waals surface area contributed by atoms with Crippen LogP contribution in [0.5, 0.6) is 0 Å². The quantitative estimate of drug-likeness (QED) is 0.661. The first kappa shape index (κ1) is 21.6. The summed E-state index contributed by atoms with van der Waals surface area (Å²) in [6.07, 6.45) is -6.40. The lowest BCUT2D eigenvalue weighted by Crippen LogP contribution is -2.39. The molecule has 0 aromatic carbocycles. The van der Waals surface area contributed by atoms with E-state index in [9.17, 15) is 26.3 Å². The molecule has 0 unspecified atom stereocenters. The molecule has 0 aliphatic carbocycles. The van der Waals surface area contributed by atoms with Crippen molar-refractivity contribution in [2.45, 2.75) is 18.3 Å². The highest BCUT2D eigenvalue weighted by Crippen LogP contribution is 2.17. The molecule has 2 rings (SSSR count). The summed E-state index contributed by atoms with van der Waals surface area (Å²) in [6.45, 7) is 2.23. The van der Waals surface area contributed by atoms with Crippen molar-refractivity contribution in [3.63, 3.8) is 0 Å². The summed E-state index contributed by atoms with van der Waals surface area (Å²) < 4.78 is 63.5. The van der Waals surface area contributed by atoms with Crippen LogP contribution in [0.3, 0.4) is 0 Å². The lowest BCUT2D eigenvalue weighted by Gasteiger charge is -2.26. The monoisotopic (exact) mass is 362 g/mol. The third-order valence-electron chi connectivity index (χ3n) is 2.42. The predicted octanol–water partition coefficient (Wildman–Crippen LogP) is 2.04. The second-order valence-corrected chi connectivity index (χ2v) is 4.25. The maximum absolute atomic E-state index is 10.6. The third-order valence-corrected chi connectivity index (χ3v) is 2.42. The normalized spacial score (nSPS) is 14.2. The maximum Gasteiger partial charge on any atom is 0.490 e. The summed E-state index contributed by atoms with van der Waals surface area (Å²) in [4.78, 5) is 21.9. The van der Waals surface area contributed by atoms with Crippen LogP contribution in [0.4, 0.5) is 26.3 Å². The molecule has 1 aromatic rings. The van der Waals surface area contributed by atoms with Crippen LogP contribution < -0.4 is 5.32 Å². The molecule has 24 heavy (non-hydrogen) atoms. The van der Waals surface area contributed by atoms with Gasteiger partial charge in [0.15, 0.2) is 0 Å². The number of nitrogens with zero attached hydrogens (tertiary/aromatic N) is 1. The van der Waals surface area contributed by atoms with Gasteiger partial charge in [-0.25, -0.2) is 9.59 Å². The fraction of sp³-hybridized carbons (Fsp3) is 0.417. The van der Waals surface area contributed by atoms with Gasteiger partial charge >= 0.3 is 24.3 Å². The first-order chi connectivity index (χ1) is 10.9. The van der Waals surface area contributed by atoms with E-state index in [0.717, 1.165) is 13.1 Å². The molecule has 12 heteroatoms. The Morgan fingerprint density at radius 2 is 1.46 bits per heavy atom. The van der Waals surface area contributed by atoms with Gasteiger partial charge in [0.1, 0.15) is 0 Å². The number of pyridine rings is 1. The van der Waals surface area contributed by atoms with Crippen molar-refractivity contribution < 1.29 is 46.1 Å². The Kier molecular flexibility index (Phi) is 8.16. The van der Waals surface area contributed by atoms with Gasteiger partial charge in [-0.3, -0.25) is 4.98 Å². The number of rotatable bonds is 1. The minimum absolute atomic E-state index is 0.716. The maximum atomic E-state index is 10.6. The molecular weight excluding hydrogens is 350 g/mol. The van der Waals surface area contributed by atoms with Crippen LogP contribution in [0.15, 0.2) is 24.5 Å². The Hall–Kier alpha value is -2.37. The summed E-state index contributed by atoms with van der Waals surface area (Å²) in [6, 6.07) is 4.13. The Morgan fingerprint density at radius 3 is 1.67 bits per heavy atom. The van der Waals surface area contributed by atoms with Gasteiger partial charge in [0.25, 0.3) is 0 Å². The van der Waals surface area contributed by atoms with Gasteiger partial charge < -0.3 is 15.5 Å². The standard InChI is InChI=1S/C8H10N2.2C2HF3O2/c1-2-7(4-9-3-1)8-5-10-6-8;2*3-2(4,5)1(6)7/h1-4,8,10H,5-6H2;2*(H,6,7). The van der Waals surface area contributed by atoms with Gasteiger partial charge in [0.2, 0.25) is 0 Å². The Labute approximate surface area is 131 Å². The van der Waals surface area contributed by atoms with Crippen LogP contribution in [-0.4, -0.2) is 52.6 Å². The zero-order valence-corrected chi connectivity index (χ0v) is 11.7. The number of carboxylic acids is 2. The Balaban J connectivity index is 0.000000343. The average Bonchev–Trinajstić information content (AvgIpc) is 2.37. The molecule has 0 atom stereocenters. The van der Waals surface area contributed by atoms with Crippen molar-refractivity contribution in [2.75, 3.05) is 13.1 Å². The van der Waals surface area contributed by atoms with Crippen LogP contribution in [0.1, 0.15) is 11.5 Å². The highest BCUT2D eigenvalue weighted by molar-refractivity contribution is 5.73. The van der Waals surface area contributed by atoms with Crippen molar-refractivity contribution in [2.24, 2.45) is 0 Å². The molecule has 6 nitrogen and oxygen atoms in total. The summed E-state index contributed by atoms with van der Waals surface area (Å²) in [7, 11) is 0. The number of nitrogens with one attached hydrogen (secondary N) is 1. The van der Waals surface area contributed by atoms with Gasteiger partial charge in [0.05, 0.1) is 0 Å². The summed E-state index contributed by atoms with van der Waals surface area (Å²) in [5, 5.41) is 17.5. The van der Waals surface area contributed by atoms with E-state index < -0.39 is 24.3 Å². The van der Waals surface area contributed by atoms with Crippen molar-refractivity contribution >= 4 is 11.9 Å². The Morgan fingerprint density at radius 1 is 1.04 bits per heavy atom. The van der Waals surface area contributed by atoms with Gasteiger partial charge in [-0.2, -0.15) is 26.3 Å². The fourth-order valence-corrected chi connectivity index (χ4v) is 1.14. The largest absolute Gasteiger partial charge is 0.490 e. The Bertz CT molecular complexity index is 505. The first-order valence-electron chi connectivity index (χ1n) is 6.06. The molecule has 0 saturated carbocycles. The number of halogens is 6. The smallest absolute Gasteiger partial charge is 0.475 e. The predicted molar refractivity (Wildman–Crippen MR) is 67.2 cm³/mol. The molecular formula is C12H12F6N2O4. The number of carbonyl (C=O) groups is 2. The van der Waals surface area contributed by atoms with Gasteiger partial charge in [-0.15, -0.1) is 0 Å². The third kappa shape index (κ3) is 8.92. The molecule has 0 amide bonds. The minimum atomic E-state index is -5.08. The van der Waals surface area contributed by atoms with Crippen LogP contribution >= 0.6 is 0 Å². The number of carboxylic acid groups (broad SMARTS) is 2. The van der Waals surface area contributed by atoms with E-state index in [1.165, 1.54) is 5.56 Å². The molecule has 0 bridgehead atoms. The number of aliphatic carboxylic acids is 2. The minimum Gasteiger partial charge on any atom is -0.475 e. The molecule has 1 aromatic heterocycles. The molecule has 1 aliphatic rings. The van der Waals surface area contributed by atoms with E-state index >= 15 is 0 Å². The van der Waals surface area contributed by atoms with Crippen LogP contribution in [0.25, 0.3) is 0 Å². The fourth-order valence-electron chi connectivity index (χ4n) is 1.14. The first-order valence-corrected chi connectivity index (χ1v) is 6.06. The molecule has 2 heterocycles. The van der Waals surface area contributed by atoms with Crippen molar-refractivity contribution in [3.8, 4) is 0 Å². The second kappa shape index (κ2) is 9.05. The summed E-state index contributed by atoms with van der Waals surface area (Å²) in [5.41, 5.74) is 1.36. The second-order valence-electron chi connectivity index (χ2n) is 4.25.